The minimum atomic E-state index is -0.284. The lowest BCUT2D eigenvalue weighted by Crippen LogP contribution is -2.26. The van der Waals surface area contributed by atoms with Crippen molar-refractivity contribution in [2.75, 3.05) is 0 Å². The van der Waals surface area contributed by atoms with Crippen LogP contribution in [0.5, 0.6) is 0 Å². The van der Waals surface area contributed by atoms with E-state index in [2.05, 4.69) is 140 Å². The van der Waals surface area contributed by atoms with Crippen LogP contribution >= 0.6 is 0 Å². The van der Waals surface area contributed by atoms with Crippen LogP contribution in [0.25, 0.3) is 44.7 Å². The van der Waals surface area contributed by atoms with E-state index in [4.69, 9.17) is 0 Å². The molecule has 0 N–H and O–H groups in total. The van der Waals surface area contributed by atoms with Gasteiger partial charge in [-0.15, -0.1) is 0 Å². The highest BCUT2D eigenvalue weighted by Gasteiger charge is 2.51. The molecule has 10 rings (SSSR count). The first kappa shape index (κ1) is 23.6. The van der Waals surface area contributed by atoms with Gasteiger partial charge in [0.15, 0.2) is 0 Å². The van der Waals surface area contributed by atoms with Gasteiger partial charge in [0.2, 0.25) is 0 Å². The fourth-order valence-corrected chi connectivity index (χ4v) is 8.88. The SMILES string of the molecule is C1=Cc2c(ccc3ccccc23)C2=CC(C1)CCc1cc3c(cc12)-c1ccccc1C31c2ccccc2-c2ccccc21. The van der Waals surface area contributed by atoms with Crippen molar-refractivity contribution in [1.82, 2.24) is 0 Å². The van der Waals surface area contributed by atoms with Gasteiger partial charge in [-0.05, 0) is 114 Å². The molecule has 2 bridgehead atoms. The second-order valence-corrected chi connectivity index (χ2v) is 12.7. The second kappa shape index (κ2) is 8.55. The van der Waals surface area contributed by atoms with Crippen LogP contribution in [-0.4, -0.2) is 0 Å². The van der Waals surface area contributed by atoms with Gasteiger partial charge in [-0.25, -0.2) is 0 Å². The standard InChI is InChI=1S/C43H30/c1-2-12-30-28(11-1)22-23-32-31(30)16-9-10-27-20-21-29-25-42-38(26-36(29)37(32)24-27)35-15-5-8-19-41(35)43(42)39-17-6-3-13-33(39)34-14-4-7-18-40(34)43/h1-9,11-19,22-27H,10,20-21H2. The van der Waals surface area contributed by atoms with Crippen LogP contribution in [0, 0.1) is 5.92 Å². The minimum absolute atomic E-state index is 0.284. The molecule has 0 saturated heterocycles. The summed E-state index contributed by atoms with van der Waals surface area (Å²) in [6.45, 7) is 0. The molecule has 43 heavy (non-hydrogen) atoms. The van der Waals surface area contributed by atoms with Gasteiger partial charge in [-0.1, -0.05) is 133 Å². The van der Waals surface area contributed by atoms with E-state index >= 15 is 0 Å². The number of fused-ring (bicyclic) bond motifs is 17. The van der Waals surface area contributed by atoms with Crippen molar-refractivity contribution in [2.24, 2.45) is 5.92 Å². The zero-order valence-corrected chi connectivity index (χ0v) is 24.0. The maximum Gasteiger partial charge on any atom is 0.0725 e. The molecule has 0 aromatic heterocycles. The Hall–Kier alpha value is -4.94. The van der Waals surface area contributed by atoms with Gasteiger partial charge in [0.1, 0.15) is 0 Å². The molecule has 1 spiro atoms. The maximum absolute atomic E-state index is 2.62. The van der Waals surface area contributed by atoms with Crippen LogP contribution in [0.15, 0.2) is 133 Å². The highest BCUT2D eigenvalue weighted by molar-refractivity contribution is 6.01. The molecule has 6 aromatic rings. The third-order valence-electron chi connectivity index (χ3n) is 10.7. The minimum Gasteiger partial charge on any atom is -0.0833 e. The molecule has 0 amide bonds. The van der Waals surface area contributed by atoms with Gasteiger partial charge in [0, 0.05) is 0 Å². The summed E-state index contributed by atoms with van der Waals surface area (Å²) in [6, 6.07) is 46.2. The smallest absolute Gasteiger partial charge is 0.0725 e. The molecule has 0 radical (unpaired) electrons. The van der Waals surface area contributed by atoms with Crippen molar-refractivity contribution in [1.29, 1.82) is 0 Å². The fourth-order valence-electron chi connectivity index (χ4n) is 8.88. The van der Waals surface area contributed by atoms with Gasteiger partial charge in [0.05, 0.1) is 5.41 Å². The molecule has 0 saturated carbocycles. The average molecular weight is 547 g/mol. The molecular formula is C43H30. The molecule has 6 aromatic carbocycles. The van der Waals surface area contributed by atoms with Crippen LogP contribution < -0.4 is 0 Å². The van der Waals surface area contributed by atoms with Gasteiger partial charge >= 0.3 is 0 Å². The molecular weight excluding hydrogens is 516 g/mol. The van der Waals surface area contributed by atoms with Crippen molar-refractivity contribution in [2.45, 2.75) is 24.7 Å². The normalized spacial score (nSPS) is 18.0. The largest absolute Gasteiger partial charge is 0.0833 e. The summed E-state index contributed by atoms with van der Waals surface area (Å²) in [6.07, 6.45) is 10.8. The maximum atomic E-state index is 2.62. The Morgan fingerprint density at radius 2 is 1.19 bits per heavy atom. The van der Waals surface area contributed by atoms with Crippen molar-refractivity contribution in [3.05, 3.63) is 178 Å². The van der Waals surface area contributed by atoms with Crippen molar-refractivity contribution in [3.8, 4) is 22.3 Å². The first-order valence-electron chi connectivity index (χ1n) is 15.7. The molecule has 1 atom stereocenters. The van der Waals surface area contributed by atoms with Crippen LogP contribution in [0.3, 0.4) is 0 Å². The van der Waals surface area contributed by atoms with Crippen LogP contribution in [0.4, 0.5) is 0 Å². The summed E-state index contributed by atoms with van der Waals surface area (Å²) in [5.41, 5.74) is 18.0. The molecule has 0 aliphatic heterocycles. The van der Waals surface area contributed by atoms with E-state index in [0.29, 0.717) is 5.92 Å². The predicted octanol–water partition coefficient (Wildman–Crippen LogP) is 10.6. The molecule has 202 valence electrons. The highest BCUT2D eigenvalue weighted by Crippen LogP contribution is 2.63. The van der Waals surface area contributed by atoms with E-state index in [1.165, 1.54) is 89.5 Å². The Bertz CT molecular complexity index is 2180. The zero-order chi connectivity index (χ0) is 28.1. The topological polar surface area (TPSA) is 0 Å². The quantitative estimate of drug-likeness (QED) is 0.177. The number of rotatable bonds is 0. The van der Waals surface area contributed by atoms with Crippen LogP contribution in [-0.2, 0) is 11.8 Å². The molecule has 0 fully saturated rings. The summed E-state index contributed by atoms with van der Waals surface area (Å²) in [5, 5.41) is 2.65. The molecule has 0 heterocycles. The number of hydrogen-bond acceptors (Lipinski definition) is 0. The third kappa shape index (κ3) is 3.01. The number of benzene rings is 6. The second-order valence-electron chi connectivity index (χ2n) is 12.7. The van der Waals surface area contributed by atoms with Crippen molar-refractivity contribution >= 4 is 22.4 Å². The number of hydrogen-bond donors (Lipinski definition) is 0. The lowest BCUT2D eigenvalue weighted by atomic mass is 9.70. The summed E-state index contributed by atoms with van der Waals surface area (Å²) >= 11 is 0. The van der Waals surface area contributed by atoms with Crippen molar-refractivity contribution in [3.63, 3.8) is 0 Å². The lowest BCUT2D eigenvalue weighted by molar-refractivity contribution is 0.605. The van der Waals surface area contributed by atoms with E-state index in [0.717, 1.165) is 12.8 Å². The van der Waals surface area contributed by atoms with Gasteiger partial charge < -0.3 is 0 Å². The Morgan fingerprint density at radius 3 is 1.93 bits per heavy atom. The molecule has 0 nitrogen and oxygen atoms in total. The summed E-state index contributed by atoms with van der Waals surface area (Å²) in [5.74, 6) is 0.544. The van der Waals surface area contributed by atoms with E-state index in [1.807, 2.05) is 0 Å². The van der Waals surface area contributed by atoms with Gasteiger partial charge in [-0.2, -0.15) is 0 Å². The van der Waals surface area contributed by atoms with E-state index in [9.17, 15) is 0 Å². The van der Waals surface area contributed by atoms with Gasteiger partial charge in [0.25, 0.3) is 0 Å². The molecule has 1 unspecified atom stereocenters. The van der Waals surface area contributed by atoms with Crippen molar-refractivity contribution < 1.29 is 0 Å². The molecule has 4 aliphatic carbocycles. The number of allylic oxidation sites excluding steroid dienone is 2. The molecule has 4 aliphatic rings. The summed E-state index contributed by atoms with van der Waals surface area (Å²) < 4.78 is 0. The monoisotopic (exact) mass is 546 g/mol. The number of aryl methyl sites for hydroxylation is 1. The van der Waals surface area contributed by atoms with E-state index in [-0.39, 0.29) is 5.41 Å². The van der Waals surface area contributed by atoms with Crippen LogP contribution in [0.2, 0.25) is 0 Å². The predicted molar refractivity (Wildman–Crippen MR) is 179 cm³/mol. The first-order valence-corrected chi connectivity index (χ1v) is 15.7. The van der Waals surface area contributed by atoms with E-state index in [1.54, 1.807) is 0 Å². The van der Waals surface area contributed by atoms with Gasteiger partial charge in [-0.3, -0.25) is 0 Å². The van der Waals surface area contributed by atoms with E-state index < -0.39 is 0 Å². The summed E-state index contributed by atoms with van der Waals surface area (Å²) in [4.78, 5) is 0. The highest BCUT2D eigenvalue weighted by atomic mass is 14.5. The van der Waals surface area contributed by atoms with Crippen LogP contribution in [0.1, 0.15) is 57.3 Å². The molecule has 0 heteroatoms. The average Bonchev–Trinajstić information content (AvgIpc) is 3.42. The Morgan fingerprint density at radius 1 is 0.535 bits per heavy atom. The lowest BCUT2D eigenvalue weighted by Gasteiger charge is -2.31. The fraction of sp³-hybridized carbons (Fsp3) is 0.116. The third-order valence-corrected chi connectivity index (χ3v) is 10.7. The Kier molecular flexibility index (Phi) is 4.70. The zero-order valence-electron chi connectivity index (χ0n) is 24.0. The Labute approximate surface area is 252 Å². The first-order chi connectivity index (χ1) is 21.3. The Balaban J connectivity index is 1.29. The summed E-state index contributed by atoms with van der Waals surface area (Å²) in [7, 11) is 0.